The van der Waals surface area contributed by atoms with Crippen LogP contribution in [0.15, 0.2) is 52.5 Å². The predicted molar refractivity (Wildman–Crippen MR) is 122 cm³/mol. The second kappa shape index (κ2) is 8.47. The summed E-state index contributed by atoms with van der Waals surface area (Å²) < 4.78 is 3.77. The SMILES string of the molecule is CC(C)CCn1c(=O)c2ccccc2n2c(SCc3ccnc(N(C)C)c3)nnc12. The van der Waals surface area contributed by atoms with Crippen molar-refractivity contribution < 1.29 is 0 Å². The molecule has 0 bridgehead atoms. The van der Waals surface area contributed by atoms with Gasteiger partial charge < -0.3 is 4.90 Å². The van der Waals surface area contributed by atoms with Gasteiger partial charge in [0.15, 0.2) is 5.16 Å². The van der Waals surface area contributed by atoms with Gasteiger partial charge in [0.25, 0.3) is 5.56 Å². The molecule has 0 N–H and O–H groups in total. The molecule has 3 aromatic heterocycles. The van der Waals surface area contributed by atoms with E-state index in [2.05, 4.69) is 35.1 Å². The molecule has 0 amide bonds. The van der Waals surface area contributed by atoms with Crippen molar-refractivity contribution >= 4 is 34.3 Å². The summed E-state index contributed by atoms with van der Waals surface area (Å²) in [5.74, 6) is 2.76. The molecular formula is C22H26N6OS. The number of hydrogen-bond acceptors (Lipinski definition) is 6. The average molecular weight is 423 g/mol. The van der Waals surface area contributed by atoms with E-state index in [-0.39, 0.29) is 5.56 Å². The van der Waals surface area contributed by atoms with Crippen molar-refractivity contribution in [3.63, 3.8) is 0 Å². The number of rotatable bonds is 7. The fraction of sp³-hybridized carbons (Fsp3) is 0.364. The van der Waals surface area contributed by atoms with E-state index in [1.54, 1.807) is 16.3 Å². The lowest BCUT2D eigenvalue weighted by molar-refractivity contribution is 0.512. The van der Waals surface area contributed by atoms with Crippen molar-refractivity contribution in [3.05, 3.63) is 58.5 Å². The first kappa shape index (κ1) is 20.4. The van der Waals surface area contributed by atoms with Gasteiger partial charge in [0, 0.05) is 32.6 Å². The van der Waals surface area contributed by atoms with E-state index >= 15 is 0 Å². The Morgan fingerprint density at radius 3 is 2.70 bits per heavy atom. The number of pyridine rings is 1. The zero-order chi connectivity index (χ0) is 21.3. The van der Waals surface area contributed by atoms with Crippen molar-refractivity contribution in [2.45, 2.75) is 37.7 Å². The number of para-hydroxylation sites is 1. The Morgan fingerprint density at radius 1 is 1.13 bits per heavy atom. The molecule has 0 aliphatic rings. The molecule has 156 valence electrons. The normalized spacial score (nSPS) is 11.6. The summed E-state index contributed by atoms with van der Waals surface area (Å²) in [7, 11) is 3.96. The van der Waals surface area contributed by atoms with Gasteiger partial charge in [-0.3, -0.25) is 13.8 Å². The van der Waals surface area contributed by atoms with Gasteiger partial charge in [-0.15, -0.1) is 10.2 Å². The topological polar surface area (TPSA) is 68.3 Å². The van der Waals surface area contributed by atoms with Crippen LogP contribution in [0.3, 0.4) is 0 Å². The van der Waals surface area contributed by atoms with E-state index in [1.165, 1.54) is 0 Å². The molecule has 1 aromatic carbocycles. The lowest BCUT2D eigenvalue weighted by Crippen LogP contribution is -2.24. The number of aryl methyl sites for hydroxylation is 1. The molecule has 8 heteroatoms. The molecule has 30 heavy (non-hydrogen) atoms. The molecule has 0 fully saturated rings. The third kappa shape index (κ3) is 3.92. The molecule has 0 atom stereocenters. The van der Waals surface area contributed by atoms with E-state index in [9.17, 15) is 4.79 Å². The fourth-order valence-electron chi connectivity index (χ4n) is 3.36. The highest BCUT2D eigenvalue weighted by Gasteiger charge is 2.17. The lowest BCUT2D eigenvalue weighted by atomic mass is 10.1. The molecule has 4 rings (SSSR count). The highest BCUT2D eigenvalue weighted by Crippen LogP contribution is 2.25. The van der Waals surface area contributed by atoms with Crippen LogP contribution in [0.1, 0.15) is 25.8 Å². The van der Waals surface area contributed by atoms with Crippen LogP contribution in [-0.2, 0) is 12.3 Å². The molecule has 3 heterocycles. The minimum absolute atomic E-state index is 0.00698. The zero-order valence-corrected chi connectivity index (χ0v) is 18.6. The first-order chi connectivity index (χ1) is 14.5. The number of fused-ring (bicyclic) bond motifs is 3. The molecule has 7 nitrogen and oxygen atoms in total. The first-order valence-corrected chi connectivity index (χ1v) is 11.1. The third-order valence-electron chi connectivity index (χ3n) is 5.04. The smallest absolute Gasteiger partial charge is 0.262 e. The highest BCUT2D eigenvalue weighted by molar-refractivity contribution is 7.98. The van der Waals surface area contributed by atoms with Crippen LogP contribution in [0.4, 0.5) is 5.82 Å². The van der Waals surface area contributed by atoms with Crippen LogP contribution >= 0.6 is 11.8 Å². The van der Waals surface area contributed by atoms with Crippen molar-refractivity contribution in [2.24, 2.45) is 5.92 Å². The van der Waals surface area contributed by atoms with Crippen LogP contribution in [0.2, 0.25) is 0 Å². The van der Waals surface area contributed by atoms with Gasteiger partial charge in [-0.25, -0.2) is 4.98 Å². The van der Waals surface area contributed by atoms with Gasteiger partial charge in [-0.2, -0.15) is 0 Å². The maximum Gasteiger partial charge on any atom is 0.262 e. The Hall–Kier alpha value is -2.87. The van der Waals surface area contributed by atoms with E-state index in [1.807, 2.05) is 59.9 Å². The lowest BCUT2D eigenvalue weighted by Gasteiger charge is -2.13. The monoisotopic (exact) mass is 422 g/mol. The predicted octanol–water partition coefficient (Wildman–Crippen LogP) is 3.84. The van der Waals surface area contributed by atoms with Crippen LogP contribution in [0, 0.1) is 5.92 Å². The van der Waals surface area contributed by atoms with Gasteiger partial charge in [-0.1, -0.05) is 37.7 Å². The first-order valence-electron chi connectivity index (χ1n) is 10.1. The summed E-state index contributed by atoms with van der Waals surface area (Å²) in [5.41, 5.74) is 2.00. The summed E-state index contributed by atoms with van der Waals surface area (Å²) in [5, 5.41) is 10.3. The van der Waals surface area contributed by atoms with Crippen molar-refractivity contribution in [2.75, 3.05) is 19.0 Å². The van der Waals surface area contributed by atoms with Crippen LogP contribution < -0.4 is 10.5 Å². The maximum absolute atomic E-state index is 13.1. The van der Waals surface area contributed by atoms with Crippen molar-refractivity contribution in [3.8, 4) is 0 Å². The Kier molecular flexibility index (Phi) is 5.76. The van der Waals surface area contributed by atoms with Crippen LogP contribution in [0.25, 0.3) is 16.7 Å². The second-order valence-corrected chi connectivity index (χ2v) is 8.92. The number of thioether (sulfide) groups is 1. The molecule has 0 spiro atoms. The molecule has 0 saturated heterocycles. The molecule has 0 saturated carbocycles. The minimum atomic E-state index is -0.00698. The van der Waals surface area contributed by atoms with Gasteiger partial charge >= 0.3 is 0 Å². The van der Waals surface area contributed by atoms with Gasteiger partial charge in [0.05, 0.1) is 10.9 Å². The van der Waals surface area contributed by atoms with Crippen LogP contribution in [-0.4, -0.2) is 38.2 Å². The summed E-state index contributed by atoms with van der Waals surface area (Å²) in [4.78, 5) is 19.5. The number of aromatic nitrogens is 5. The molecule has 0 unspecified atom stereocenters. The Labute approximate surface area is 179 Å². The quantitative estimate of drug-likeness (QED) is 0.422. The van der Waals surface area contributed by atoms with E-state index in [0.717, 1.165) is 34.2 Å². The maximum atomic E-state index is 13.1. The molecule has 4 aromatic rings. The summed E-state index contributed by atoms with van der Waals surface area (Å²) in [6, 6.07) is 11.8. The molecule has 0 aliphatic heterocycles. The second-order valence-electron chi connectivity index (χ2n) is 7.98. The Morgan fingerprint density at radius 2 is 1.93 bits per heavy atom. The largest absolute Gasteiger partial charge is 0.363 e. The highest BCUT2D eigenvalue weighted by atomic mass is 32.2. The molecule has 0 aliphatic carbocycles. The number of benzene rings is 1. The molecular weight excluding hydrogens is 396 g/mol. The Bertz CT molecular complexity index is 1240. The fourth-order valence-corrected chi connectivity index (χ4v) is 4.24. The number of hydrogen-bond donors (Lipinski definition) is 0. The van der Waals surface area contributed by atoms with E-state index in [4.69, 9.17) is 0 Å². The van der Waals surface area contributed by atoms with E-state index in [0.29, 0.717) is 23.6 Å². The van der Waals surface area contributed by atoms with Crippen molar-refractivity contribution in [1.82, 2.24) is 24.1 Å². The van der Waals surface area contributed by atoms with Gasteiger partial charge in [0.2, 0.25) is 5.78 Å². The van der Waals surface area contributed by atoms with Gasteiger partial charge in [-0.05, 0) is 42.2 Å². The summed E-state index contributed by atoms with van der Waals surface area (Å²) >= 11 is 1.61. The number of nitrogens with zero attached hydrogens (tertiary/aromatic N) is 6. The zero-order valence-electron chi connectivity index (χ0n) is 17.7. The van der Waals surface area contributed by atoms with E-state index < -0.39 is 0 Å². The minimum Gasteiger partial charge on any atom is -0.363 e. The summed E-state index contributed by atoms with van der Waals surface area (Å²) in [6.45, 7) is 4.94. The molecule has 0 radical (unpaired) electrons. The van der Waals surface area contributed by atoms with Gasteiger partial charge in [0.1, 0.15) is 5.82 Å². The summed E-state index contributed by atoms with van der Waals surface area (Å²) in [6.07, 6.45) is 2.74. The van der Waals surface area contributed by atoms with Crippen LogP contribution in [0.5, 0.6) is 0 Å². The van der Waals surface area contributed by atoms with Crippen molar-refractivity contribution in [1.29, 1.82) is 0 Å². The number of anilines is 1. The third-order valence-corrected chi connectivity index (χ3v) is 6.04. The standard InChI is InChI=1S/C22H26N6OS/c1-15(2)10-12-27-20(29)17-7-5-6-8-18(17)28-21(27)24-25-22(28)30-14-16-9-11-23-19(13-16)26(3)4/h5-9,11,13,15H,10,12,14H2,1-4H3. The Balaban J connectivity index is 1.76. The average Bonchev–Trinajstić information content (AvgIpc) is 3.16.